The molecule has 0 N–H and O–H groups in total. The molecule has 0 heterocycles. The summed E-state index contributed by atoms with van der Waals surface area (Å²) in [5, 5.41) is 0. The SMILES string of the molecule is [3H]c1cccc(N(c2ccccc2)c2ccc(-c3ccc(N(c4ccccc4)c4ccc(Oc5ccc(N(c6ccc(Oc7ccc(N(c8ccccc8)c8ccc(-c9ccc(N(c%10ccccc%10)c%10cccc([3H])c%10)cc9)cc8)cc7)cc6)c6ccc(-c7ccccc7)cc6)cc5)cc4)cc3)cc2)c1. The van der Waals surface area contributed by atoms with Crippen LogP contribution in [0.4, 0.5) is 85.3 Å². The first-order chi connectivity index (χ1) is 51.8. The van der Waals surface area contributed by atoms with E-state index in [0.717, 1.165) is 130 Å². The van der Waals surface area contributed by atoms with Crippen molar-refractivity contribution in [1.82, 2.24) is 0 Å². The van der Waals surface area contributed by atoms with Gasteiger partial charge in [0.05, 0.1) is 2.74 Å². The van der Waals surface area contributed by atoms with Crippen LogP contribution in [0.1, 0.15) is 2.74 Å². The highest BCUT2D eigenvalue weighted by molar-refractivity contribution is 5.85. The summed E-state index contributed by atoms with van der Waals surface area (Å²) in [5.41, 5.74) is 21.7. The van der Waals surface area contributed by atoms with Gasteiger partial charge in [0.15, 0.2) is 0 Å². The van der Waals surface area contributed by atoms with Crippen LogP contribution in [0.5, 0.6) is 23.0 Å². The molecule has 492 valence electrons. The fourth-order valence-corrected chi connectivity index (χ4v) is 13.2. The number of ether oxygens (including phenoxy) is 2. The molecule has 16 aromatic rings. The molecule has 0 aliphatic carbocycles. The van der Waals surface area contributed by atoms with Crippen LogP contribution in [0.15, 0.2) is 431 Å². The summed E-state index contributed by atoms with van der Waals surface area (Å²) < 4.78 is 29.9. The van der Waals surface area contributed by atoms with Crippen molar-refractivity contribution in [3.63, 3.8) is 0 Å². The monoisotopic (exact) mass is 1330 g/mol. The first-order valence-corrected chi connectivity index (χ1v) is 34.5. The van der Waals surface area contributed by atoms with Gasteiger partial charge in [0.1, 0.15) is 23.0 Å². The van der Waals surface area contributed by atoms with Crippen molar-refractivity contribution in [2.45, 2.75) is 0 Å². The Hall–Kier alpha value is -13.9. The fourth-order valence-electron chi connectivity index (χ4n) is 13.2. The van der Waals surface area contributed by atoms with Gasteiger partial charge in [-0.1, -0.05) is 200 Å². The van der Waals surface area contributed by atoms with Gasteiger partial charge < -0.3 is 34.0 Å². The van der Waals surface area contributed by atoms with Crippen molar-refractivity contribution in [1.29, 1.82) is 0 Å². The lowest BCUT2D eigenvalue weighted by Gasteiger charge is -2.26. The molecule has 0 spiro atoms. The van der Waals surface area contributed by atoms with Gasteiger partial charge in [-0.25, -0.2) is 0 Å². The van der Waals surface area contributed by atoms with Crippen LogP contribution in [0.3, 0.4) is 0 Å². The summed E-state index contributed by atoms with van der Waals surface area (Å²) in [5.74, 6) is 2.86. The molecule has 0 bridgehead atoms. The maximum atomic E-state index is 8.33. The molecule has 16 rings (SSSR count). The molecule has 0 unspecified atom stereocenters. The predicted octanol–water partition coefficient (Wildman–Crippen LogP) is 27.6. The van der Waals surface area contributed by atoms with Gasteiger partial charge in [-0.15, -0.1) is 0 Å². The van der Waals surface area contributed by atoms with Crippen LogP contribution in [0.2, 0.25) is 0 Å². The van der Waals surface area contributed by atoms with E-state index in [2.05, 4.69) is 291 Å². The lowest BCUT2D eigenvalue weighted by molar-refractivity contribution is 0.482. The summed E-state index contributed by atoms with van der Waals surface area (Å²) in [7, 11) is 0. The number of hydrogen-bond donors (Lipinski definition) is 0. The second-order valence-corrected chi connectivity index (χ2v) is 24.8. The highest BCUT2D eigenvalue weighted by atomic mass is 16.5. The highest BCUT2D eigenvalue weighted by Gasteiger charge is 2.20. The first-order valence-electron chi connectivity index (χ1n) is 35.5. The van der Waals surface area contributed by atoms with Crippen LogP contribution >= 0.6 is 0 Å². The Kier molecular flexibility index (Phi) is 17.9. The van der Waals surface area contributed by atoms with E-state index in [1.807, 2.05) is 140 Å². The van der Waals surface area contributed by atoms with Gasteiger partial charge in [-0.05, 0) is 264 Å². The maximum absolute atomic E-state index is 8.33. The van der Waals surface area contributed by atoms with Crippen molar-refractivity contribution in [3.8, 4) is 56.4 Å². The molecule has 0 amide bonds. The predicted molar refractivity (Wildman–Crippen MR) is 429 cm³/mol. The largest absolute Gasteiger partial charge is 0.457 e. The highest BCUT2D eigenvalue weighted by Crippen LogP contribution is 2.44. The number of anilines is 15. The Labute approximate surface area is 605 Å². The zero-order valence-corrected chi connectivity index (χ0v) is 56.4. The molecule has 7 nitrogen and oxygen atoms in total. The quantitative estimate of drug-likeness (QED) is 0.0669. The standard InChI is InChI=1S/C96H71N5O2/c1-8-22-72(23-9-1)73-36-46-88(47-37-73)101(91-60-68-95(69-61-91)102-93-64-56-89(57-65-93)99(82-32-18-6-19-33-82)86-52-42-76(43-53-86)74-38-48-84(49-39-74)97(78-24-10-2-11-25-78)79-26-12-3-13-27-79)92-62-70-96(71-63-92)103-94-66-58-90(59-67-94)100(83-34-20-7-21-35-83)87-54-44-77(45-55-87)75-40-50-85(51-41-75)98(80-28-14-4-15-29-80)81-30-16-5-17-31-81/h1-71H/i10T,14T. The van der Waals surface area contributed by atoms with E-state index in [1.54, 1.807) is 12.1 Å². The van der Waals surface area contributed by atoms with Crippen molar-refractivity contribution < 1.29 is 12.2 Å². The summed E-state index contributed by atoms with van der Waals surface area (Å²) in [6.45, 7) is 0. The Morgan fingerprint density at radius 1 is 0.136 bits per heavy atom. The Morgan fingerprint density at radius 3 is 0.476 bits per heavy atom. The molecule has 16 aromatic carbocycles. The van der Waals surface area contributed by atoms with Crippen LogP contribution in [0, 0.1) is 0 Å². The Balaban J connectivity index is 0.609. The Morgan fingerprint density at radius 2 is 0.282 bits per heavy atom. The zero-order valence-electron chi connectivity index (χ0n) is 58.4. The minimum Gasteiger partial charge on any atom is -0.457 e. The number of hydrogen-bond acceptors (Lipinski definition) is 7. The van der Waals surface area contributed by atoms with E-state index in [9.17, 15) is 0 Å². The normalized spacial score (nSPS) is 11.2. The molecular formula is C96H71N5O2. The fraction of sp³-hybridized carbons (Fsp3) is 0. The number of benzene rings is 16. The smallest absolute Gasteiger partial charge is 0.127 e. The lowest BCUT2D eigenvalue weighted by atomic mass is 10.0. The molecule has 0 saturated carbocycles. The van der Waals surface area contributed by atoms with Crippen molar-refractivity contribution in [2.75, 3.05) is 24.5 Å². The Bertz CT molecular complexity index is 5190. The number of para-hydroxylation sites is 6. The summed E-state index contributed by atoms with van der Waals surface area (Å²) >= 11 is 0. The third kappa shape index (κ3) is 14.5. The third-order valence-corrected chi connectivity index (χ3v) is 18.2. The van der Waals surface area contributed by atoms with Crippen LogP contribution < -0.4 is 34.0 Å². The molecule has 0 aromatic heterocycles. The van der Waals surface area contributed by atoms with Gasteiger partial charge in [0.25, 0.3) is 0 Å². The molecule has 7 heteroatoms. The van der Waals surface area contributed by atoms with E-state index in [0.29, 0.717) is 23.6 Å². The van der Waals surface area contributed by atoms with E-state index >= 15 is 0 Å². The van der Waals surface area contributed by atoms with Crippen LogP contribution in [0.25, 0.3) is 33.4 Å². The number of nitrogens with zero attached hydrogens (tertiary/aromatic N) is 5. The van der Waals surface area contributed by atoms with E-state index in [-0.39, 0.29) is 0 Å². The van der Waals surface area contributed by atoms with Gasteiger partial charge in [-0.2, -0.15) is 0 Å². The third-order valence-electron chi connectivity index (χ3n) is 18.2. The van der Waals surface area contributed by atoms with Crippen molar-refractivity contribution >= 4 is 85.3 Å². The molecule has 0 saturated heterocycles. The lowest BCUT2D eigenvalue weighted by Crippen LogP contribution is -2.10. The van der Waals surface area contributed by atoms with Gasteiger partial charge in [0, 0.05) is 85.3 Å². The van der Waals surface area contributed by atoms with E-state index in [1.165, 1.54) is 0 Å². The molecule has 0 fully saturated rings. The molecule has 0 radical (unpaired) electrons. The molecule has 103 heavy (non-hydrogen) atoms. The van der Waals surface area contributed by atoms with Gasteiger partial charge in [0.2, 0.25) is 0 Å². The van der Waals surface area contributed by atoms with Crippen molar-refractivity contribution in [2.24, 2.45) is 0 Å². The molecule has 0 aliphatic rings. The first kappa shape index (κ1) is 61.5. The van der Waals surface area contributed by atoms with Crippen LogP contribution in [-0.2, 0) is 0 Å². The summed E-state index contributed by atoms with van der Waals surface area (Å²) in [6.07, 6.45) is 0. The molecule has 0 aliphatic heterocycles. The second kappa shape index (κ2) is 30.1. The molecule has 0 atom stereocenters. The van der Waals surface area contributed by atoms with E-state index in [4.69, 9.17) is 12.2 Å². The molecular weight excluding hydrogens is 1260 g/mol. The van der Waals surface area contributed by atoms with Gasteiger partial charge in [-0.3, -0.25) is 0 Å². The summed E-state index contributed by atoms with van der Waals surface area (Å²) in [6, 6.07) is 144. The average molecular weight is 1330 g/mol. The van der Waals surface area contributed by atoms with E-state index < -0.39 is 0 Å². The summed E-state index contributed by atoms with van der Waals surface area (Å²) in [4.78, 5) is 11.1. The minimum absolute atomic E-state index is 0.466. The average Bonchev–Trinajstić information content (AvgIpc) is 0.835. The van der Waals surface area contributed by atoms with Crippen LogP contribution in [-0.4, -0.2) is 0 Å². The van der Waals surface area contributed by atoms with Gasteiger partial charge >= 0.3 is 0 Å². The number of rotatable bonds is 22. The zero-order chi connectivity index (χ0) is 70.7. The minimum atomic E-state index is 0.466. The topological polar surface area (TPSA) is 34.7 Å². The maximum Gasteiger partial charge on any atom is 0.127 e. The second-order valence-electron chi connectivity index (χ2n) is 24.8. The van der Waals surface area contributed by atoms with Crippen molar-refractivity contribution in [3.05, 3.63) is 431 Å².